The van der Waals surface area contributed by atoms with Crippen molar-refractivity contribution in [2.75, 3.05) is 13.2 Å². The smallest absolute Gasteiger partial charge is 0.314 e. The molecule has 1 aromatic carbocycles. The molecular weight excluding hydrogens is 316 g/mol. The molecule has 0 saturated carbocycles. The summed E-state index contributed by atoms with van der Waals surface area (Å²) in [5.41, 5.74) is 0.699. The highest BCUT2D eigenvalue weighted by Crippen LogP contribution is 2.24. The molecule has 0 aliphatic carbocycles. The van der Waals surface area contributed by atoms with Gasteiger partial charge in [0.2, 0.25) is 0 Å². The van der Waals surface area contributed by atoms with Gasteiger partial charge in [0, 0.05) is 5.02 Å². The maximum Gasteiger partial charge on any atom is 0.314 e. The van der Waals surface area contributed by atoms with Gasteiger partial charge in [-0.05, 0) is 29.5 Å². The number of hydrogen-bond acceptors (Lipinski definition) is 4. The molecule has 1 aromatic rings. The topological polar surface area (TPSA) is 52.6 Å². The van der Waals surface area contributed by atoms with E-state index in [9.17, 15) is 9.59 Å². The fourth-order valence-electron chi connectivity index (χ4n) is 1.87. The third-order valence-corrected chi connectivity index (χ3v) is 3.32. The Morgan fingerprint density at radius 2 is 1.48 bits per heavy atom. The lowest BCUT2D eigenvalue weighted by atomic mass is 9.96. The summed E-state index contributed by atoms with van der Waals surface area (Å²) in [6, 6.07) is 6.86. The van der Waals surface area contributed by atoms with E-state index in [0.717, 1.165) is 0 Å². The quantitative estimate of drug-likeness (QED) is 0.665. The van der Waals surface area contributed by atoms with Gasteiger partial charge < -0.3 is 9.47 Å². The van der Waals surface area contributed by atoms with Crippen LogP contribution in [0.4, 0.5) is 0 Å². The summed E-state index contributed by atoms with van der Waals surface area (Å²) < 4.78 is 10.5. The fourth-order valence-corrected chi connectivity index (χ4v) is 1.99. The van der Waals surface area contributed by atoms with Gasteiger partial charge in [-0.1, -0.05) is 51.4 Å². The second kappa shape index (κ2) is 9.56. The van der Waals surface area contributed by atoms with Crippen LogP contribution >= 0.6 is 11.6 Å². The van der Waals surface area contributed by atoms with Crippen molar-refractivity contribution in [3.63, 3.8) is 0 Å². The van der Waals surface area contributed by atoms with Crippen LogP contribution in [-0.4, -0.2) is 25.2 Å². The lowest BCUT2D eigenvalue weighted by Crippen LogP contribution is -2.22. The highest BCUT2D eigenvalue weighted by Gasteiger charge is 2.26. The van der Waals surface area contributed by atoms with Crippen molar-refractivity contribution in [1.29, 1.82) is 0 Å². The van der Waals surface area contributed by atoms with E-state index in [0.29, 0.717) is 23.8 Å². The van der Waals surface area contributed by atoms with E-state index < -0.39 is 17.9 Å². The van der Waals surface area contributed by atoms with Crippen LogP contribution in [0, 0.1) is 11.8 Å². The van der Waals surface area contributed by atoms with Crippen molar-refractivity contribution in [2.24, 2.45) is 11.8 Å². The number of ether oxygens (including phenoxy) is 2. The Hall–Kier alpha value is -1.55. The SMILES string of the molecule is CC(C)COC(=O)CC(C(=O)OCC(C)C)c1ccc(Cl)cc1. The molecule has 0 fully saturated rings. The van der Waals surface area contributed by atoms with Gasteiger partial charge in [-0.25, -0.2) is 0 Å². The maximum absolute atomic E-state index is 12.3. The van der Waals surface area contributed by atoms with Gasteiger partial charge in [-0.15, -0.1) is 0 Å². The number of hydrogen-bond donors (Lipinski definition) is 0. The van der Waals surface area contributed by atoms with Gasteiger partial charge >= 0.3 is 11.9 Å². The lowest BCUT2D eigenvalue weighted by molar-refractivity contribution is -0.153. The Labute approximate surface area is 143 Å². The summed E-state index contributed by atoms with van der Waals surface area (Å²) in [6.07, 6.45) is -0.0364. The average Bonchev–Trinajstić information content (AvgIpc) is 2.49. The number of carbonyl (C=O) groups excluding carboxylic acids is 2. The molecule has 0 aliphatic heterocycles. The molecule has 1 atom stereocenters. The predicted molar refractivity (Wildman–Crippen MR) is 90.4 cm³/mol. The van der Waals surface area contributed by atoms with E-state index in [2.05, 4.69) is 0 Å². The standard InChI is InChI=1S/C18H25ClO4/c1-12(2)10-22-17(20)9-16(18(21)23-11-13(3)4)14-5-7-15(19)8-6-14/h5-8,12-13,16H,9-11H2,1-4H3. The minimum Gasteiger partial charge on any atom is -0.465 e. The number of benzene rings is 1. The largest absolute Gasteiger partial charge is 0.465 e. The highest BCUT2D eigenvalue weighted by molar-refractivity contribution is 6.30. The zero-order valence-electron chi connectivity index (χ0n) is 14.2. The van der Waals surface area contributed by atoms with Crippen LogP contribution in [0.15, 0.2) is 24.3 Å². The molecule has 0 aromatic heterocycles. The molecule has 4 nitrogen and oxygen atoms in total. The lowest BCUT2D eigenvalue weighted by Gasteiger charge is -2.17. The monoisotopic (exact) mass is 340 g/mol. The first kappa shape index (κ1) is 19.5. The predicted octanol–water partition coefficient (Wildman–Crippen LogP) is 4.21. The third-order valence-electron chi connectivity index (χ3n) is 3.06. The average molecular weight is 341 g/mol. The van der Waals surface area contributed by atoms with E-state index >= 15 is 0 Å². The highest BCUT2D eigenvalue weighted by atomic mass is 35.5. The fraction of sp³-hybridized carbons (Fsp3) is 0.556. The van der Waals surface area contributed by atoms with Crippen LogP contribution < -0.4 is 0 Å². The first-order valence-electron chi connectivity index (χ1n) is 7.87. The Morgan fingerprint density at radius 1 is 0.957 bits per heavy atom. The minimum absolute atomic E-state index is 0.0364. The summed E-state index contributed by atoms with van der Waals surface area (Å²) in [5, 5.41) is 0.574. The summed E-state index contributed by atoms with van der Waals surface area (Å²) in [6.45, 7) is 8.50. The number of carbonyl (C=O) groups is 2. The van der Waals surface area contributed by atoms with Crippen molar-refractivity contribution in [2.45, 2.75) is 40.0 Å². The number of halogens is 1. The van der Waals surface area contributed by atoms with Gasteiger partial charge in [0.15, 0.2) is 0 Å². The van der Waals surface area contributed by atoms with Crippen molar-refractivity contribution in [3.05, 3.63) is 34.9 Å². The molecule has 128 valence electrons. The van der Waals surface area contributed by atoms with E-state index in [1.807, 2.05) is 27.7 Å². The van der Waals surface area contributed by atoms with Crippen LogP contribution in [0.2, 0.25) is 5.02 Å². The van der Waals surface area contributed by atoms with Crippen LogP contribution in [0.25, 0.3) is 0 Å². The second-order valence-electron chi connectivity index (χ2n) is 6.41. The van der Waals surface area contributed by atoms with Crippen molar-refractivity contribution in [3.8, 4) is 0 Å². The second-order valence-corrected chi connectivity index (χ2v) is 6.85. The molecule has 23 heavy (non-hydrogen) atoms. The molecule has 0 aliphatic rings. The Morgan fingerprint density at radius 3 is 2.00 bits per heavy atom. The summed E-state index contributed by atoms with van der Waals surface area (Å²) in [4.78, 5) is 24.3. The summed E-state index contributed by atoms with van der Waals surface area (Å²) >= 11 is 5.88. The summed E-state index contributed by atoms with van der Waals surface area (Å²) in [7, 11) is 0. The van der Waals surface area contributed by atoms with Gasteiger partial charge in [0.1, 0.15) is 0 Å². The molecule has 1 unspecified atom stereocenters. The molecule has 0 bridgehead atoms. The van der Waals surface area contributed by atoms with E-state index in [4.69, 9.17) is 21.1 Å². The van der Waals surface area contributed by atoms with E-state index in [1.165, 1.54) is 0 Å². The molecule has 1 rings (SSSR count). The van der Waals surface area contributed by atoms with Gasteiger partial charge in [-0.2, -0.15) is 0 Å². The molecule has 0 spiro atoms. The van der Waals surface area contributed by atoms with Crippen LogP contribution in [0.3, 0.4) is 0 Å². The Balaban J connectivity index is 2.81. The molecule has 0 saturated heterocycles. The number of esters is 2. The van der Waals surface area contributed by atoms with Gasteiger partial charge in [0.25, 0.3) is 0 Å². The normalized spacial score (nSPS) is 12.3. The molecular formula is C18H25ClO4. The van der Waals surface area contributed by atoms with Crippen LogP contribution in [0.5, 0.6) is 0 Å². The Kier molecular flexibility index (Phi) is 8.10. The Bertz CT molecular complexity index is 508. The van der Waals surface area contributed by atoms with Crippen molar-refractivity contribution >= 4 is 23.5 Å². The zero-order chi connectivity index (χ0) is 17.4. The third kappa shape index (κ3) is 7.51. The molecule has 0 radical (unpaired) electrons. The van der Waals surface area contributed by atoms with Crippen LogP contribution in [0.1, 0.15) is 45.6 Å². The molecule has 0 amide bonds. The molecule has 0 heterocycles. The molecule has 0 N–H and O–H groups in total. The number of rotatable bonds is 8. The van der Waals surface area contributed by atoms with Gasteiger partial charge in [-0.3, -0.25) is 9.59 Å². The van der Waals surface area contributed by atoms with Crippen LogP contribution in [-0.2, 0) is 19.1 Å². The first-order chi connectivity index (χ1) is 10.8. The minimum atomic E-state index is -0.675. The van der Waals surface area contributed by atoms with Gasteiger partial charge in [0.05, 0.1) is 25.6 Å². The maximum atomic E-state index is 12.3. The first-order valence-corrected chi connectivity index (χ1v) is 8.25. The van der Waals surface area contributed by atoms with E-state index in [1.54, 1.807) is 24.3 Å². The van der Waals surface area contributed by atoms with E-state index in [-0.39, 0.29) is 18.3 Å². The summed E-state index contributed by atoms with van der Waals surface area (Å²) in [5.74, 6) is -1.01. The van der Waals surface area contributed by atoms with Crippen molar-refractivity contribution in [1.82, 2.24) is 0 Å². The zero-order valence-corrected chi connectivity index (χ0v) is 14.9. The molecule has 5 heteroatoms. The van der Waals surface area contributed by atoms with Crippen molar-refractivity contribution < 1.29 is 19.1 Å².